The maximum absolute atomic E-state index is 14.8. The number of benzene rings is 5. The average molecular weight is 787 g/mol. The zero-order valence-electron chi connectivity index (χ0n) is 33.2. The molecule has 0 aliphatic carbocycles. The largest absolute Gasteiger partial charge is 0.354 e. The molecule has 0 fully saturated rings. The molecule has 9 aromatic rings. The van der Waals surface area contributed by atoms with E-state index in [0.29, 0.717) is 22.3 Å². The van der Waals surface area contributed by atoms with Crippen LogP contribution in [0.15, 0.2) is 187 Å². The number of anilines is 1. The molecule has 0 unspecified atom stereocenters. The number of hydrogen-bond acceptors (Lipinski definition) is 3. The number of aromatic nitrogens is 4. The van der Waals surface area contributed by atoms with E-state index in [4.69, 9.17) is 10.1 Å². The van der Waals surface area contributed by atoms with Gasteiger partial charge in [-0.2, -0.15) is 10.1 Å². The fourth-order valence-corrected chi connectivity index (χ4v) is 8.75. The number of carbonyl (C=O) groups excluding carboxylic acids is 1. The Labute approximate surface area is 351 Å². The minimum atomic E-state index is -0.202. The lowest BCUT2D eigenvalue weighted by Crippen LogP contribution is -2.25. The Balaban J connectivity index is 1.37. The molecule has 7 nitrogen and oxygen atoms in total. The second kappa shape index (κ2) is 14.8. The summed E-state index contributed by atoms with van der Waals surface area (Å²) in [6, 6.07) is 61.9. The van der Waals surface area contributed by atoms with Crippen LogP contribution >= 0.6 is 0 Å². The van der Waals surface area contributed by atoms with Gasteiger partial charge in [0.1, 0.15) is 0 Å². The van der Waals surface area contributed by atoms with Crippen molar-refractivity contribution >= 4 is 68.0 Å². The first kappa shape index (κ1) is 35.8. The number of para-hydroxylation sites is 1. The lowest BCUT2D eigenvalue weighted by atomic mass is 10.0. The predicted molar refractivity (Wildman–Crippen MR) is 251 cm³/mol. The van der Waals surface area contributed by atoms with Crippen molar-refractivity contribution in [2.45, 2.75) is 6.92 Å². The van der Waals surface area contributed by atoms with Crippen LogP contribution in [-0.2, 0) is 4.79 Å². The van der Waals surface area contributed by atoms with Gasteiger partial charge in [-0.25, -0.2) is 4.98 Å². The van der Waals surface area contributed by atoms with Gasteiger partial charge in [-0.1, -0.05) is 140 Å². The van der Waals surface area contributed by atoms with Crippen LogP contribution in [0, 0.1) is 0 Å². The van der Waals surface area contributed by atoms with Crippen LogP contribution in [0.1, 0.15) is 18.3 Å². The highest BCUT2D eigenvalue weighted by molar-refractivity contribution is 6.48. The summed E-state index contributed by atoms with van der Waals surface area (Å²) in [7, 11) is 0. The van der Waals surface area contributed by atoms with E-state index < -0.39 is 0 Å². The van der Waals surface area contributed by atoms with E-state index in [1.807, 2.05) is 61.5 Å². The maximum Gasteiger partial charge on any atom is 0.282 e. The number of aromatic amines is 3. The van der Waals surface area contributed by atoms with E-state index in [1.165, 1.54) is 5.01 Å². The fraction of sp³-hybridized carbons (Fsp3) is 0.0185. The molecule has 61 heavy (non-hydrogen) atoms. The van der Waals surface area contributed by atoms with Crippen molar-refractivity contribution in [3.63, 3.8) is 0 Å². The Kier molecular flexibility index (Phi) is 8.71. The van der Waals surface area contributed by atoms with Crippen molar-refractivity contribution in [3.05, 3.63) is 199 Å². The van der Waals surface area contributed by atoms with E-state index >= 15 is 0 Å². The van der Waals surface area contributed by atoms with Crippen LogP contribution in [0.5, 0.6) is 0 Å². The van der Waals surface area contributed by atoms with Crippen molar-refractivity contribution < 1.29 is 4.79 Å². The standard InChI is InChI=1S/C54H38N6O/c1-34-48(54(61)60(59-34)39-25-15-6-16-26-39)53-40-33-47(58-53)52(38-23-13-5-14-24-38)46-32-31-45(57-46)51(37-21-11-4-12-22-37)44-30-29-43(56-44)50(36-19-9-3-10-20-36)42-28-27-41(55-42)49(40)35-17-7-2-8-18-35/h2-33,55,57-58H,1H3/b49-40?,49-41?,50-42?,50-43?,51-44?,51-45?,52-46?,52-47?,53-48-. The summed E-state index contributed by atoms with van der Waals surface area (Å²) in [4.78, 5) is 31.7. The molecular formula is C54H38N6O. The summed E-state index contributed by atoms with van der Waals surface area (Å²) < 4.78 is 0. The second-order valence-electron chi connectivity index (χ2n) is 15.2. The maximum atomic E-state index is 14.8. The van der Waals surface area contributed by atoms with Gasteiger partial charge in [0.15, 0.2) is 0 Å². The number of carbonyl (C=O) groups is 1. The summed E-state index contributed by atoms with van der Waals surface area (Å²) in [6.07, 6.45) is 4.24. The molecule has 0 saturated heterocycles. The van der Waals surface area contributed by atoms with E-state index in [9.17, 15) is 4.79 Å². The summed E-state index contributed by atoms with van der Waals surface area (Å²) in [5, 5.41) is 7.90. The Morgan fingerprint density at radius 3 is 1.34 bits per heavy atom. The van der Waals surface area contributed by atoms with Crippen LogP contribution in [0.4, 0.5) is 5.69 Å². The van der Waals surface area contributed by atoms with E-state index in [2.05, 4.69) is 154 Å². The smallest absolute Gasteiger partial charge is 0.282 e. The molecule has 11 rings (SSSR count). The lowest BCUT2D eigenvalue weighted by molar-refractivity contribution is -0.112. The molecule has 2 aliphatic rings. The topological polar surface area (TPSA) is 92.9 Å². The number of H-pyrrole nitrogens is 3. The summed E-state index contributed by atoms with van der Waals surface area (Å²) in [5.41, 5.74) is 16.0. The molecule has 6 heterocycles. The molecule has 7 heteroatoms. The summed E-state index contributed by atoms with van der Waals surface area (Å²) >= 11 is 0. The third-order valence-electron chi connectivity index (χ3n) is 11.5. The second-order valence-corrected chi connectivity index (χ2v) is 15.2. The van der Waals surface area contributed by atoms with Crippen molar-refractivity contribution in [1.29, 1.82) is 0 Å². The highest BCUT2D eigenvalue weighted by Crippen LogP contribution is 2.38. The van der Waals surface area contributed by atoms with Gasteiger partial charge in [0, 0.05) is 55.2 Å². The monoisotopic (exact) mass is 786 g/mol. The van der Waals surface area contributed by atoms with Gasteiger partial charge in [0.2, 0.25) is 0 Å². The first-order chi connectivity index (χ1) is 30.1. The molecule has 8 bridgehead atoms. The molecular weight excluding hydrogens is 749 g/mol. The minimum Gasteiger partial charge on any atom is -0.354 e. The van der Waals surface area contributed by atoms with Gasteiger partial charge < -0.3 is 15.0 Å². The van der Waals surface area contributed by atoms with Crippen LogP contribution in [0.25, 0.3) is 95.2 Å². The molecule has 0 atom stereocenters. The predicted octanol–water partition coefficient (Wildman–Crippen LogP) is 12.2. The van der Waals surface area contributed by atoms with Gasteiger partial charge in [0.25, 0.3) is 5.91 Å². The van der Waals surface area contributed by atoms with Gasteiger partial charge in [-0.05, 0) is 83.8 Å². The van der Waals surface area contributed by atoms with Gasteiger partial charge in [-0.3, -0.25) is 4.79 Å². The van der Waals surface area contributed by atoms with Crippen LogP contribution in [0.2, 0.25) is 0 Å². The fourth-order valence-electron chi connectivity index (χ4n) is 8.75. The Morgan fingerprint density at radius 1 is 0.443 bits per heavy atom. The van der Waals surface area contributed by atoms with E-state index in [0.717, 1.165) is 88.9 Å². The zero-order valence-corrected chi connectivity index (χ0v) is 33.2. The third kappa shape index (κ3) is 6.27. The van der Waals surface area contributed by atoms with Gasteiger partial charge in [0.05, 0.1) is 33.7 Å². The molecule has 0 spiro atoms. The number of rotatable bonds is 5. The highest BCUT2D eigenvalue weighted by Gasteiger charge is 2.31. The molecule has 1 amide bonds. The molecule has 2 aliphatic heterocycles. The van der Waals surface area contributed by atoms with E-state index in [1.54, 1.807) is 0 Å². The van der Waals surface area contributed by atoms with Gasteiger partial charge in [-0.15, -0.1) is 0 Å². The number of amides is 1. The van der Waals surface area contributed by atoms with Crippen LogP contribution in [-0.4, -0.2) is 31.6 Å². The van der Waals surface area contributed by atoms with Crippen LogP contribution in [0.3, 0.4) is 0 Å². The average Bonchev–Trinajstić information content (AvgIpc) is 4.17. The molecule has 290 valence electrons. The lowest BCUT2D eigenvalue weighted by Gasteiger charge is -2.11. The van der Waals surface area contributed by atoms with Crippen molar-refractivity contribution in [1.82, 2.24) is 19.9 Å². The zero-order chi connectivity index (χ0) is 40.9. The normalized spacial score (nSPS) is 13.9. The minimum absolute atomic E-state index is 0.202. The number of nitrogens with zero attached hydrogens (tertiary/aromatic N) is 3. The molecule has 4 aromatic heterocycles. The molecule has 3 N–H and O–H groups in total. The summed E-state index contributed by atoms with van der Waals surface area (Å²) in [5.74, 6) is -0.202. The Morgan fingerprint density at radius 2 is 0.852 bits per heavy atom. The Bertz CT molecular complexity index is 3420. The highest BCUT2D eigenvalue weighted by atomic mass is 16.2. The first-order valence-electron chi connectivity index (χ1n) is 20.4. The first-order valence-corrected chi connectivity index (χ1v) is 20.4. The molecule has 5 aromatic carbocycles. The van der Waals surface area contributed by atoms with Crippen molar-refractivity contribution in [3.8, 4) is 44.5 Å². The number of nitrogens with one attached hydrogen (secondary N) is 3. The van der Waals surface area contributed by atoms with Gasteiger partial charge >= 0.3 is 0 Å². The summed E-state index contributed by atoms with van der Waals surface area (Å²) in [6.45, 7) is 1.91. The number of fused-ring (bicyclic) bond motifs is 8. The van der Waals surface area contributed by atoms with E-state index in [-0.39, 0.29) is 5.91 Å². The molecule has 0 saturated carbocycles. The number of hydrogen-bond donors (Lipinski definition) is 3. The SMILES string of the molecule is CC1=NN(c2ccccc2)C(=O)/C1=c1\[nH]c2cc1c(-c1ccccc1)c1ccc([nH]1)c(-c1ccccc1)c1nc(c(-c3ccccc3)c3ccc([nH]3)c2-c2ccccc2)C=C1. The van der Waals surface area contributed by atoms with Crippen molar-refractivity contribution in [2.75, 3.05) is 5.01 Å². The molecule has 0 radical (unpaired) electrons. The van der Waals surface area contributed by atoms with Crippen LogP contribution < -0.4 is 10.4 Å². The number of hydrazone groups is 1. The van der Waals surface area contributed by atoms with Crippen molar-refractivity contribution in [2.24, 2.45) is 5.10 Å². The third-order valence-corrected chi connectivity index (χ3v) is 11.5. The Hall–Kier alpha value is -8.29. The quantitative estimate of drug-likeness (QED) is 0.162.